The van der Waals surface area contributed by atoms with E-state index in [-0.39, 0.29) is 10.8 Å². The van der Waals surface area contributed by atoms with Crippen molar-refractivity contribution in [3.05, 3.63) is 69.7 Å². The molecule has 30 heavy (non-hydrogen) atoms. The monoisotopic (exact) mass is 458 g/mol. The lowest BCUT2D eigenvalue weighted by atomic mass is 10.1. The van der Waals surface area contributed by atoms with E-state index in [4.69, 9.17) is 16.7 Å². The number of aliphatic imine (C=N–C) groups is 1. The topological polar surface area (TPSA) is 115 Å². The number of carbonyl (C=O) groups excluding carboxylic acids is 1. The average Bonchev–Trinajstić information content (AvgIpc) is 3.01. The number of aryl methyl sites for hydroxylation is 1. The maximum atomic E-state index is 12.4. The molecule has 2 heterocycles. The first-order valence-electron chi connectivity index (χ1n) is 8.68. The zero-order chi connectivity index (χ0) is 21.5. The summed E-state index contributed by atoms with van der Waals surface area (Å²) in [6, 6.07) is 13.5. The molecule has 0 bridgehead atoms. The van der Waals surface area contributed by atoms with E-state index in [0.29, 0.717) is 26.5 Å². The molecule has 0 aliphatic carbocycles. The Kier molecular flexibility index (Phi) is 5.37. The van der Waals surface area contributed by atoms with Gasteiger partial charge in [-0.3, -0.25) is 4.79 Å². The third-order valence-electron chi connectivity index (χ3n) is 4.28. The molecule has 1 aliphatic rings. The Morgan fingerprint density at radius 1 is 1.17 bits per heavy atom. The number of fused-ring (bicyclic) bond motifs is 1. The van der Waals surface area contributed by atoms with Gasteiger partial charge in [-0.05, 0) is 67.2 Å². The number of thioether (sulfide) groups is 1. The lowest BCUT2D eigenvalue weighted by molar-refractivity contribution is -0.115. The molecule has 1 amide bonds. The van der Waals surface area contributed by atoms with Gasteiger partial charge in [0, 0.05) is 10.9 Å². The van der Waals surface area contributed by atoms with Crippen molar-refractivity contribution in [2.75, 3.05) is 0 Å². The average molecular weight is 459 g/mol. The van der Waals surface area contributed by atoms with Gasteiger partial charge < -0.3 is 5.32 Å². The third kappa shape index (κ3) is 4.39. The van der Waals surface area contributed by atoms with Crippen LogP contribution >= 0.6 is 23.4 Å². The summed E-state index contributed by atoms with van der Waals surface area (Å²) in [6.45, 7) is 1.99. The van der Waals surface area contributed by atoms with E-state index in [1.165, 1.54) is 24.3 Å². The Balaban J connectivity index is 1.62. The fraction of sp³-hybridized carbons (Fsp3) is 0.0500. The molecule has 0 unspecified atom stereocenters. The van der Waals surface area contributed by atoms with Gasteiger partial charge in [0.2, 0.25) is 10.0 Å². The number of hydrogen-bond acceptors (Lipinski definition) is 6. The lowest BCUT2D eigenvalue weighted by Crippen LogP contribution is -2.19. The minimum absolute atomic E-state index is 0.0103. The molecule has 3 N–H and O–H groups in total. The van der Waals surface area contributed by atoms with Crippen LogP contribution in [0.3, 0.4) is 0 Å². The van der Waals surface area contributed by atoms with Crippen LogP contribution in [0.5, 0.6) is 0 Å². The molecular weight excluding hydrogens is 444 g/mol. The van der Waals surface area contributed by atoms with Crippen LogP contribution in [0.15, 0.2) is 63.3 Å². The summed E-state index contributed by atoms with van der Waals surface area (Å²) < 4.78 is 22.7. The van der Waals surface area contributed by atoms with Gasteiger partial charge in [-0.15, -0.1) is 0 Å². The molecule has 3 aromatic rings. The molecule has 1 aromatic heterocycles. The number of nitrogens with zero attached hydrogens (tertiary/aromatic N) is 2. The van der Waals surface area contributed by atoms with Gasteiger partial charge in [-0.2, -0.15) is 0 Å². The van der Waals surface area contributed by atoms with Gasteiger partial charge in [-0.1, -0.05) is 23.2 Å². The number of rotatable bonds is 3. The summed E-state index contributed by atoms with van der Waals surface area (Å²) in [5.41, 5.74) is 2.99. The molecule has 1 aliphatic heterocycles. The highest BCUT2D eigenvalue weighted by Gasteiger charge is 2.24. The highest BCUT2D eigenvalue weighted by Crippen LogP contribution is 2.31. The van der Waals surface area contributed by atoms with Gasteiger partial charge in [0.25, 0.3) is 5.91 Å². The maximum Gasteiger partial charge on any atom is 0.264 e. The SMILES string of the molecule is Cc1ccc2nc(Cl)c(/C=C3\SC(=Nc4ccc(S(N)(=O)=O)cc4)NC3=O)cc2c1. The highest BCUT2D eigenvalue weighted by atomic mass is 35.5. The van der Waals surface area contributed by atoms with Crippen LogP contribution < -0.4 is 10.5 Å². The maximum absolute atomic E-state index is 12.4. The second-order valence-corrected chi connectivity index (χ2v) is 9.54. The fourth-order valence-electron chi connectivity index (χ4n) is 2.84. The number of benzene rings is 2. The number of nitrogens with one attached hydrogen (secondary N) is 1. The number of carbonyl (C=O) groups is 1. The molecule has 2 aromatic carbocycles. The summed E-state index contributed by atoms with van der Waals surface area (Å²) in [4.78, 5) is 21.5. The molecule has 10 heteroatoms. The number of halogens is 1. The van der Waals surface area contributed by atoms with Crippen molar-refractivity contribution in [3.8, 4) is 0 Å². The Morgan fingerprint density at radius 3 is 2.60 bits per heavy atom. The summed E-state index contributed by atoms with van der Waals surface area (Å²) in [6.07, 6.45) is 1.67. The molecule has 0 saturated carbocycles. The molecule has 0 radical (unpaired) electrons. The van der Waals surface area contributed by atoms with E-state index in [9.17, 15) is 13.2 Å². The fourth-order valence-corrected chi connectivity index (χ4v) is 4.39. The smallest absolute Gasteiger partial charge is 0.264 e. The number of amidine groups is 1. The minimum Gasteiger partial charge on any atom is -0.300 e. The number of nitrogens with two attached hydrogens (primary N) is 1. The molecule has 4 rings (SSSR count). The van der Waals surface area contributed by atoms with Crippen molar-refractivity contribution in [2.24, 2.45) is 10.1 Å². The van der Waals surface area contributed by atoms with Crippen LogP contribution in [0, 0.1) is 6.92 Å². The number of amides is 1. The lowest BCUT2D eigenvalue weighted by Gasteiger charge is -2.04. The zero-order valence-corrected chi connectivity index (χ0v) is 18.0. The van der Waals surface area contributed by atoms with Crippen LogP contribution in [0.1, 0.15) is 11.1 Å². The zero-order valence-electron chi connectivity index (χ0n) is 15.6. The van der Waals surface area contributed by atoms with E-state index in [0.717, 1.165) is 28.2 Å². The molecule has 152 valence electrons. The molecule has 0 atom stereocenters. The van der Waals surface area contributed by atoms with Crippen molar-refractivity contribution in [3.63, 3.8) is 0 Å². The van der Waals surface area contributed by atoms with Crippen molar-refractivity contribution in [1.29, 1.82) is 0 Å². The van der Waals surface area contributed by atoms with Gasteiger partial charge >= 0.3 is 0 Å². The summed E-state index contributed by atoms with van der Waals surface area (Å²) in [7, 11) is -3.77. The van der Waals surface area contributed by atoms with E-state index in [1.54, 1.807) is 6.08 Å². The predicted octanol–water partition coefficient (Wildman–Crippen LogP) is 3.74. The van der Waals surface area contributed by atoms with E-state index >= 15 is 0 Å². The summed E-state index contributed by atoms with van der Waals surface area (Å²) >= 11 is 7.46. The number of sulfonamides is 1. The summed E-state index contributed by atoms with van der Waals surface area (Å²) in [5, 5.41) is 9.37. The van der Waals surface area contributed by atoms with E-state index < -0.39 is 10.0 Å². The van der Waals surface area contributed by atoms with Gasteiger partial charge in [-0.25, -0.2) is 23.5 Å². The van der Waals surface area contributed by atoms with Crippen LogP contribution in [0.4, 0.5) is 5.69 Å². The number of aromatic nitrogens is 1. The first-order valence-corrected chi connectivity index (χ1v) is 11.4. The van der Waals surface area contributed by atoms with Crippen molar-refractivity contribution >= 4 is 67.1 Å². The molecular formula is C20H15ClN4O3S2. The second kappa shape index (κ2) is 7.84. The Bertz CT molecular complexity index is 1350. The quantitative estimate of drug-likeness (QED) is 0.458. The molecule has 0 spiro atoms. The van der Waals surface area contributed by atoms with E-state index in [2.05, 4.69) is 15.3 Å². The minimum atomic E-state index is -3.77. The van der Waals surface area contributed by atoms with Gasteiger partial charge in [0.05, 0.1) is 21.0 Å². The summed E-state index contributed by atoms with van der Waals surface area (Å²) in [5.74, 6) is -0.305. The molecule has 1 fully saturated rings. The normalized spacial score (nSPS) is 17.1. The van der Waals surface area contributed by atoms with Gasteiger partial charge in [0.1, 0.15) is 5.15 Å². The molecule has 7 nitrogen and oxygen atoms in total. The first kappa shape index (κ1) is 20.5. The number of pyridine rings is 1. The van der Waals surface area contributed by atoms with Crippen LogP contribution in [-0.4, -0.2) is 24.5 Å². The second-order valence-electron chi connectivity index (χ2n) is 6.59. The van der Waals surface area contributed by atoms with Crippen LogP contribution in [0.2, 0.25) is 5.15 Å². The highest BCUT2D eigenvalue weighted by molar-refractivity contribution is 8.18. The number of primary sulfonamides is 1. The third-order valence-corrected chi connectivity index (χ3v) is 6.43. The number of hydrogen-bond donors (Lipinski definition) is 2. The first-order chi connectivity index (χ1) is 14.2. The van der Waals surface area contributed by atoms with Crippen molar-refractivity contribution in [2.45, 2.75) is 11.8 Å². The Hall–Kier alpha value is -2.72. The largest absolute Gasteiger partial charge is 0.300 e. The van der Waals surface area contributed by atoms with Gasteiger partial charge in [0.15, 0.2) is 5.17 Å². The molecule has 1 saturated heterocycles. The van der Waals surface area contributed by atoms with Crippen LogP contribution in [0.25, 0.3) is 17.0 Å². The Labute approximate surface area is 182 Å². The standard InChI is InChI=1S/C20H15ClN4O3S2/c1-11-2-7-16-12(8-11)9-13(18(21)24-16)10-17-19(26)25-20(29-17)23-14-3-5-15(6-4-14)30(22,27)28/h2-10H,1H3,(H2,22,27,28)(H,23,25,26)/b17-10-. The van der Waals surface area contributed by atoms with Crippen molar-refractivity contribution < 1.29 is 13.2 Å². The predicted molar refractivity (Wildman–Crippen MR) is 120 cm³/mol. The van der Waals surface area contributed by atoms with E-state index in [1.807, 2.05) is 31.2 Å². The van der Waals surface area contributed by atoms with Crippen molar-refractivity contribution in [1.82, 2.24) is 10.3 Å². The van der Waals surface area contributed by atoms with Crippen LogP contribution in [-0.2, 0) is 14.8 Å². The Morgan fingerprint density at radius 2 is 1.90 bits per heavy atom.